The number of aromatic nitrogens is 4. The van der Waals surface area contributed by atoms with E-state index < -0.39 is 0 Å². The molecule has 0 radical (unpaired) electrons. The normalized spacial score (nSPS) is 16.8. The second-order valence-electron chi connectivity index (χ2n) is 8.11. The fraction of sp³-hybridized carbons (Fsp3) is 0.455. The van der Waals surface area contributed by atoms with Gasteiger partial charge in [-0.15, -0.1) is 0 Å². The van der Waals surface area contributed by atoms with E-state index in [0.29, 0.717) is 35.9 Å². The second-order valence-corrected chi connectivity index (χ2v) is 8.11. The van der Waals surface area contributed by atoms with Gasteiger partial charge in [-0.25, -0.2) is 9.97 Å². The van der Waals surface area contributed by atoms with Crippen LogP contribution in [0.5, 0.6) is 0 Å². The summed E-state index contributed by atoms with van der Waals surface area (Å²) in [5, 5.41) is 0.607. The molecule has 3 heterocycles. The predicted octanol–water partition coefficient (Wildman–Crippen LogP) is 1.26. The monoisotopic (exact) mass is 422 g/mol. The van der Waals surface area contributed by atoms with Crippen LogP contribution >= 0.6 is 0 Å². The Morgan fingerprint density at radius 3 is 2.55 bits per heavy atom. The van der Waals surface area contributed by atoms with Gasteiger partial charge in [0.15, 0.2) is 5.82 Å². The minimum Gasteiger partial charge on any atom is -0.383 e. The van der Waals surface area contributed by atoms with Crippen molar-refractivity contribution in [3.05, 3.63) is 57.6 Å². The Labute approximate surface area is 179 Å². The van der Waals surface area contributed by atoms with Gasteiger partial charge in [-0.05, 0) is 31.0 Å². The lowest BCUT2D eigenvalue weighted by molar-refractivity contribution is 0.186. The van der Waals surface area contributed by atoms with Gasteiger partial charge in [-0.2, -0.15) is 0 Å². The minimum atomic E-state index is -0.0551. The van der Waals surface area contributed by atoms with Gasteiger partial charge in [0.05, 0.1) is 30.4 Å². The number of anilines is 2. The fourth-order valence-corrected chi connectivity index (χ4v) is 4.14. The van der Waals surface area contributed by atoms with Crippen molar-refractivity contribution in [1.82, 2.24) is 19.1 Å². The molecule has 2 aliphatic rings. The van der Waals surface area contributed by atoms with E-state index in [1.165, 1.54) is 0 Å². The number of fused-ring (bicyclic) bond motifs is 1. The van der Waals surface area contributed by atoms with E-state index in [4.69, 9.17) is 4.74 Å². The highest BCUT2D eigenvalue weighted by atomic mass is 16.5. The van der Waals surface area contributed by atoms with Crippen molar-refractivity contribution in [2.45, 2.75) is 25.4 Å². The van der Waals surface area contributed by atoms with Crippen LogP contribution in [0, 0.1) is 0 Å². The van der Waals surface area contributed by atoms with Gasteiger partial charge in [0.2, 0.25) is 0 Å². The molecule has 1 aliphatic heterocycles. The molecule has 0 bridgehead atoms. The molecule has 1 aromatic carbocycles. The Kier molecular flexibility index (Phi) is 5.19. The molecule has 0 unspecified atom stereocenters. The third kappa shape index (κ3) is 3.81. The number of nitrogens with zero attached hydrogens (tertiary/aromatic N) is 6. The average molecular weight is 422 g/mol. The standard InChI is InChI=1S/C22H26N6O3/c1-31-13-12-27-15-24-19-14-17(4-5-18(19)21(27)29)25-8-10-26(11-9-25)20-22(30)28(7-6-23-20)16-2-3-16/h4-7,14-16H,2-3,8-13H2,1H3. The third-order valence-electron chi connectivity index (χ3n) is 6.08. The number of rotatable bonds is 6. The number of ether oxygens (including phenoxy) is 1. The molecule has 2 fully saturated rings. The Morgan fingerprint density at radius 2 is 1.81 bits per heavy atom. The molecule has 0 atom stereocenters. The van der Waals surface area contributed by atoms with Crippen LogP contribution < -0.4 is 20.9 Å². The Morgan fingerprint density at radius 1 is 1.03 bits per heavy atom. The van der Waals surface area contributed by atoms with E-state index in [1.54, 1.807) is 30.4 Å². The van der Waals surface area contributed by atoms with Crippen molar-refractivity contribution in [1.29, 1.82) is 0 Å². The van der Waals surface area contributed by atoms with Gasteiger partial charge >= 0.3 is 0 Å². The van der Waals surface area contributed by atoms with Gasteiger partial charge in [0, 0.05) is 57.4 Å². The van der Waals surface area contributed by atoms with Crippen LogP contribution in [0.25, 0.3) is 10.9 Å². The maximum atomic E-state index is 12.8. The van der Waals surface area contributed by atoms with Crippen LogP contribution in [-0.2, 0) is 11.3 Å². The summed E-state index contributed by atoms with van der Waals surface area (Å²) in [6.45, 7) is 3.95. The third-order valence-corrected chi connectivity index (χ3v) is 6.08. The number of benzene rings is 1. The van der Waals surface area contributed by atoms with E-state index in [9.17, 15) is 9.59 Å². The predicted molar refractivity (Wildman–Crippen MR) is 119 cm³/mol. The average Bonchev–Trinajstić information content (AvgIpc) is 3.64. The molecular weight excluding hydrogens is 396 g/mol. The Bertz CT molecular complexity index is 1210. The summed E-state index contributed by atoms with van der Waals surface area (Å²) in [6.07, 6.45) is 7.26. The van der Waals surface area contributed by atoms with Gasteiger partial charge in [0.1, 0.15) is 0 Å². The van der Waals surface area contributed by atoms with Crippen LogP contribution in [0.4, 0.5) is 11.5 Å². The fourth-order valence-electron chi connectivity index (χ4n) is 4.14. The zero-order valence-corrected chi connectivity index (χ0v) is 17.6. The summed E-state index contributed by atoms with van der Waals surface area (Å²) in [4.78, 5) is 38.6. The van der Waals surface area contributed by atoms with Crippen LogP contribution in [0.1, 0.15) is 18.9 Å². The van der Waals surface area contributed by atoms with Crippen molar-refractivity contribution in [3.8, 4) is 0 Å². The van der Waals surface area contributed by atoms with Crippen LogP contribution in [-0.4, -0.2) is 59.0 Å². The summed E-state index contributed by atoms with van der Waals surface area (Å²) in [7, 11) is 1.61. The molecule has 3 aromatic rings. The van der Waals surface area contributed by atoms with Crippen molar-refractivity contribution in [3.63, 3.8) is 0 Å². The minimum absolute atomic E-state index is 0.0121. The Balaban J connectivity index is 1.32. The molecule has 0 N–H and O–H groups in total. The first-order valence-electron chi connectivity index (χ1n) is 10.7. The van der Waals surface area contributed by atoms with E-state index >= 15 is 0 Å². The summed E-state index contributed by atoms with van der Waals surface area (Å²) >= 11 is 0. The first kappa shape index (κ1) is 19.7. The zero-order valence-electron chi connectivity index (χ0n) is 17.6. The van der Waals surface area contributed by atoms with Crippen LogP contribution in [0.2, 0.25) is 0 Å². The van der Waals surface area contributed by atoms with E-state index in [2.05, 4.69) is 19.8 Å². The highest BCUT2D eigenvalue weighted by molar-refractivity contribution is 5.81. The smallest absolute Gasteiger partial charge is 0.293 e. The van der Waals surface area contributed by atoms with E-state index in [-0.39, 0.29) is 11.1 Å². The summed E-state index contributed by atoms with van der Waals surface area (Å²) < 4.78 is 8.45. The molecule has 9 heteroatoms. The van der Waals surface area contributed by atoms with Crippen molar-refractivity contribution in [2.24, 2.45) is 0 Å². The summed E-state index contributed by atoms with van der Waals surface area (Å²) in [5.41, 5.74) is 1.68. The molecule has 2 aromatic heterocycles. The lowest BCUT2D eigenvalue weighted by Gasteiger charge is -2.36. The molecule has 162 valence electrons. The number of piperazine rings is 1. The van der Waals surface area contributed by atoms with Crippen LogP contribution in [0.15, 0.2) is 46.5 Å². The maximum Gasteiger partial charge on any atom is 0.293 e. The highest BCUT2D eigenvalue weighted by Crippen LogP contribution is 2.33. The molecule has 0 amide bonds. The molecule has 0 spiro atoms. The van der Waals surface area contributed by atoms with Crippen molar-refractivity contribution in [2.75, 3.05) is 49.7 Å². The van der Waals surface area contributed by atoms with Crippen molar-refractivity contribution >= 4 is 22.4 Å². The highest BCUT2D eigenvalue weighted by Gasteiger charge is 2.27. The van der Waals surface area contributed by atoms with Gasteiger partial charge in [0.25, 0.3) is 11.1 Å². The lowest BCUT2D eigenvalue weighted by Crippen LogP contribution is -2.48. The SMILES string of the molecule is COCCn1cnc2cc(N3CCN(c4nccn(C5CC5)c4=O)CC3)ccc2c1=O. The van der Waals surface area contributed by atoms with E-state index in [1.807, 2.05) is 22.8 Å². The first-order chi connectivity index (χ1) is 15.2. The molecule has 1 saturated heterocycles. The van der Waals surface area contributed by atoms with Crippen molar-refractivity contribution < 1.29 is 4.74 Å². The summed E-state index contributed by atoms with van der Waals surface area (Å²) in [6, 6.07) is 6.14. The quantitative estimate of drug-likeness (QED) is 0.591. The van der Waals surface area contributed by atoms with Crippen LogP contribution in [0.3, 0.4) is 0 Å². The topological polar surface area (TPSA) is 85.5 Å². The molecule has 5 rings (SSSR count). The molecular formula is C22H26N6O3. The van der Waals surface area contributed by atoms with E-state index in [0.717, 1.165) is 44.7 Å². The molecule has 1 saturated carbocycles. The molecule has 31 heavy (non-hydrogen) atoms. The zero-order chi connectivity index (χ0) is 21.4. The summed E-state index contributed by atoms with van der Waals surface area (Å²) in [5.74, 6) is 0.547. The largest absolute Gasteiger partial charge is 0.383 e. The Hall–Kier alpha value is -3.20. The van der Waals surface area contributed by atoms with Gasteiger partial charge in [-0.1, -0.05) is 0 Å². The number of hydrogen-bond acceptors (Lipinski definition) is 7. The maximum absolute atomic E-state index is 12.8. The molecule has 1 aliphatic carbocycles. The first-order valence-corrected chi connectivity index (χ1v) is 10.7. The lowest BCUT2D eigenvalue weighted by atomic mass is 10.2. The van der Waals surface area contributed by atoms with Gasteiger partial charge < -0.3 is 19.1 Å². The molecule has 9 nitrogen and oxygen atoms in total. The van der Waals surface area contributed by atoms with Gasteiger partial charge in [-0.3, -0.25) is 14.2 Å². The second kappa shape index (κ2) is 8.14. The number of hydrogen-bond donors (Lipinski definition) is 0. The number of methoxy groups -OCH3 is 1.